The van der Waals surface area contributed by atoms with Crippen LogP contribution in [0.1, 0.15) is 271 Å². The Morgan fingerprint density at radius 3 is 1.27 bits per heavy atom. The Balaban J connectivity index is 2.24. The van der Waals surface area contributed by atoms with Crippen molar-refractivity contribution >= 4 is 5.91 Å². The monoisotopic (exact) mass is 896 g/mol. The number of ether oxygens (including phenoxy) is 1. The van der Waals surface area contributed by atoms with E-state index >= 15 is 0 Å². The number of carbonyl (C=O) groups is 1. The highest BCUT2D eigenvalue weighted by Crippen LogP contribution is 2.26. The van der Waals surface area contributed by atoms with Crippen LogP contribution in [0.2, 0.25) is 0 Å². The van der Waals surface area contributed by atoms with Crippen molar-refractivity contribution in [1.29, 1.82) is 0 Å². The molecule has 0 aromatic carbocycles. The van der Waals surface area contributed by atoms with Crippen molar-refractivity contribution in [3.63, 3.8) is 0 Å². The lowest BCUT2D eigenvalue weighted by atomic mass is 9.90. The summed E-state index contributed by atoms with van der Waals surface area (Å²) in [6, 6.07) is -0.769. The molecule has 1 rings (SSSR count). The van der Waals surface area contributed by atoms with Gasteiger partial charge in [0.2, 0.25) is 5.91 Å². The Hall–Kier alpha value is -1.07. The van der Waals surface area contributed by atoms with Gasteiger partial charge in [0.15, 0.2) is 0 Å². The zero-order valence-electron chi connectivity index (χ0n) is 41.3. The smallest absolute Gasteiger partial charge is 0.220 e. The molecule has 1 aliphatic heterocycles. The van der Waals surface area contributed by atoms with E-state index in [0.29, 0.717) is 12.8 Å². The molecule has 0 aliphatic carbocycles. The molecule has 0 radical (unpaired) electrons. The van der Waals surface area contributed by atoms with Gasteiger partial charge in [-0.3, -0.25) is 4.79 Å². The molecule has 9 heteroatoms. The Labute approximate surface area is 388 Å². The molecule has 1 heterocycles. The van der Waals surface area contributed by atoms with Crippen LogP contribution in [-0.2, 0) is 9.53 Å². The number of carbonyl (C=O) groups excluding carboxylic acids is 1. The van der Waals surface area contributed by atoms with E-state index in [4.69, 9.17) is 4.74 Å². The average Bonchev–Trinajstić information content (AvgIpc) is 3.28. The van der Waals surface area contributed by atoms with E-state index in [1.807, 2.05) is 0 Å². The van der Waals surface area contributed by atoms with Crippen LogP contribution >= 0.6 is 0 Å². The third-order valence-corrected chi connectivity index (χ3v) is 13.7. The van der Waals surface area contributed by atoms with Gasteiger partial charge in [-0.2, -0.15) is 0 Å². The summed E-state index contributed by atoms with van der Waals surface area (Å²) in [7, 11) is 0. The van der Waals surface area contributed by atoms with Crippen LogP contribution in [0.4, 0.5) is 0 Å². The summed E-state index contributed by atoms with van der Waals surface area (Å²) in [6.45, 7) is 4.02. The van der Waals surface area contributed by atoms with E-state index in [1.54, 1.807) is 0 Å². The highest BCUT2D eigenvalue weighted by molar-refractivity contribution is 5.76. The first-order chi connectivity index (χ1) is 30.8. The Bertz CT molecular complexity index is 1010. The lowest BCUT2D eigenvalue weighted by Gasteiger charge is -2.40. The normalized spacial score (nSPS) is 20.7. The number of nitrogens with one attached hydrogen (secondary N) is 1. The Kier molecular flexibility index (Phi) is 41.4. The number of rotatable bonds is 46. The molecule has 0 aromatic rings. The molecule has 7 N–H and O–H groups in total. The van der Waals surface area contributed by atoms with Crippen LogP contribution in [-0.4, -0.2) is 91.9 Å². The van der Waals surface area contributed by atoms with E-state index in [2.05, 4.69) is 31.3 Å². The Morgan fingerprint density at radius 1 is 0.492 bits per heavy atom. The van der Waals surface area contributed by atoms with Crippen molar-refractivity contribution < 1.29 is 40.2 Å². The van der Waals surface area contributed by atoms with E-state index in [-0.39, 0.29) is 18.7 Å². The first kappa shape index (κ1) is 59.9. The fourth-order valence-electron chi connectivity index (χ4n) is 9.30. The predicted octanol–water partition coefficient (Wildman–Crippen LogP) is 12.2. The highest BCUT2D eigenvalue weighted by atomic mass is 16.5. The zero-order valence-corrected chi connectivity index (χ0v) is 41.3. The molecule has 1 aliphatic rings. The molecule has 1 saturated heterocycles. The highest BCUT2D eigenvalue weighted by Gasteiger charge is 2.43. The van der Waals surface area contributed by atoms with Crippen molar-refractivity contribution in [3.05, 3.63) is 12.2 Å². The molecule has 8 atom stereocenters. The standard InChI is InChI=1S/C54H105NO8/c1-3-5-7-9-11-13-15-17-18-19-20-21-22-23-24-25-26-27-28-29-30-32-34-36-38-40-42-50(58)55-46(43-44-48-52(60)54(62)53(61)49(45-56)63-48)51(59)47(57)41-39-37-35-33-31-16-14-12-10-8-6-4-2/h27-28,46-49,51-54,56-57,59-62H,3-26,29-45H2,1-2H3,(H,55,58)/b28-27+/t46-,47+,48+,49?,51-,52+,53-,54?/m0/s1. The minimum Gasteiger partial charge on any atom is -0.394 e. The molecular weight excluding hydrogens is 791 g/mol. The summed E-state index contributed by atoms with van der Waals surface area (Å²) in [5.74, 6) is -0.181. The topological polar surface area (TPSA) is 160 Å². The van der Waals surface area contributed by atoms with E-state index in [0.717, 1.165) is 51.4 Å². The summed E-state index contributed by atoms with van der Waals surface area (Å²) in [6.07, 6.45) is 43.1. The number of amides is 1. The van der Waals surface area contributed by atoms with Crippen molar-refractivity contribution in [2.75, 3.05) is 6.61 Å². The first-order valence-electron chi connectivity index (χ1n) is 27.4. The number of allylic oxidation sites excluding steroid dienone is 2. The quantitative estimate of drug-likeness (QED) is 0.0235. The summed E-state index contributed by atoms with van der Waals surface area (Å²) in [4.78, 5) is 13.1. The van der Waals surface area contributed by atoms with Crippen molar-refractivity contribution in [2.45, 2.75) is 319 Å². The summed E-state index contributed by atoms with van der Waals surface area (Å²) in [5.41, 5.74) is 0. The molecule has 0 aromatic heterocycles. The number of aliphatic hydroxyl groups is 6. The predicted molar refractivity (Wildman–Crippen MR) is 263 cm³/mol. The van der Waals surface area contributed by atoms with Crippen molar-refractivity contribution in [2.24, 2.45) is 0 Å². The van der Waals surface area contributed by atoms with Gasteiger partial charge in [-0.25, -0.2) is 0 Å². The maximum atomic E-state index is 13.1. The summed E-state index contributed by atoms with van der Waals surface area (Å²) < 4.78 is 5.69. The molecule has 0 spiro atoms. The van der Waals surface area contributed by atoms with Gasteiger partial charge in [0.1, 0.15) is 24.4 Å². The molecule has 63 heavy (non-hydrogen) atoms. The van der Waals surface area contributed by atoms with Gasteiger partial charge in [-0.1, -0.05) is 225 Å². The van der Waals surface area contributed by atoms with Crippen molar-refractivity contribution in [3.8, 4) is 0 Å². The second-order valence-electron chi connectivity index (χ2n) is 19.6. The van der Waals surface area contributed by atoms with Crippen LogP contribution in [0, 0.1) is 0 Å². The maximum Gasteiger partial charge on any atom is 0.220 e. The van der Waals surface area contributed by atoms with Gasteiger partial charge in [0, 0.05) is 6.42 Å². The van der Waals surface area contributed by atoms with Gasteiger partial charge in [0.25, 0.3) is 0 Å². The van der Waals surface area contributed by atoms with E-state index < -0.39 is 55.4 Å². The van der Waals surface area contributed by atoms with Gasteiger partial charge in [-0.05, 0) is 51.4 Å². The van der Waals surface area contributed by atoms with Crippen molar-refractivity contribution in [1.82, 2.24) is 5.32 Å². The molecule has 0 bridgehead atoms. The summed E-state index contributed by atoms with van der Waals surface area (Å²) >= 11 is 0. The number of aliphatic hydroxyl groups excluding tert-OH is 6. The Morgan fingerprint density at radius 2 is 0.857 bits per heavy atom. The largest absolute Gasteiger partial charge is 0.394 e. The van der Waals surface area contributed by atoms with Crippen LogP contribution in [0.25, 0.3) is 0 Å². The number of unbranched alkanes of at least 4 members (excludes halogenated alkanes) is 33. The van der Waals surface area contributed by atoms with E-state index in [9.17, 15) is 35.4 Å². The fraction of sp³-hybridized carbons (Fsp3) is 0.944. The molecule has 9 nitrogen and oxygen atoms in total. The number of hydrogen-bond donors (Lipinski definition) is 7. The number of hydrogen-bond acceptors (Lipinski definition) is 8. The third kappa shape index (κ3) is 33.1. The molecule has 0 saturated carbocycles. The molecule has 2 unspecified atom stereocenters. The summed E-state index contributed by atoms with van der Waals surface area (Å²) in [5, 5.41) is 65.9. The van der Waals surface area contributed by atoms with Crippen LogP contribution < -0.4 is 5.32 Å². The lowest BCUT2D eigenvalue weighted by molar-refractivity contribution is -0.231. The minimum absolute atomic E-state index is 0.156. The third-order valence-electron chi connectivity index (χ3n) is 13.7. The van der Waals surface area contributed by atoms with Crippen LogP contribution in [0.3, 0.4) is 0 Å². The first-order valence-corrected chi connectivity index (χ1v) is 27.4. The van der Waals surface area contributed by atoms with Gasteiger partial charge in [-0.15, -0.1) is 0 Å². The molecular formula is C54H105NO8. The molecule has 1 amide bonds. The molecule has 1 fully saturated rings. The zero-order chi connectivity index (χ0) is 46.0. The second kappa shape index (κ2) is 43.5. The minimum atomic E-state index is -1.48. The SMILES string of the molecule is CCCCCCCCCCCCCCCCCC/C=C/CCCCCCCCC(=O)N[C@@H](CC[C@H]1OC(CO)[C@H](O)C(O)[C@@H]1O)[C@H](O)[C@H](O)CCCCCCCCCCCCCC. The average molecular weight is 896 g/mol. The molecule has 374 valence electrons. The second-order valence-corrected chi connectivity index (χ2v) is 19.6. The van der Waals surface area contributed by atoms with Crippen LogP contribution in [0.5, 0.6) is 0 Å². The lowest BCUT2D eigenvalue weighted by Crippen LogP contribution is -2.59. The van der Waals surface area contributed by atoms with E-state index in [1.165, 1.54) is 180 Å². The fourth-order valence-corrected chi connectivity index (χ4v) is 9.30. The van der Waals surface area contributed by atoms with Gasteiger partial charge < -0.3 is 40.7 Å². The van der Waals surface area contributed by atoms with Gasteiger partial charge in [0.05, 0.1) is 31.0 Å². The van der Waals surface area contributed by atoms with Gasteiger partial charge >= 0.3 is 0 Å². The van der Waals surface area contributed by atoms with Crippen LogP contribution in [0.15, 0.2) is 12.2 Å². The maximum absolute atomic E-state index is 13.1.